The van der Waals surface area contributed by atoms with Gasteiger partial charge in [0.25, 0.3) is 0 Å². The minimum absolute atomic E-state index is 0.240. The summed E-state index contributed by atoms with van der Waals surface area (Å²) in [5.41, 5.74) is 2.01. The predicted molar refractivity (Wildman–Crippen MR) is 72.4 cm³/mol. The van der Waals surface area contributed by atoms with Crippen molar-refractivity contribution in [3.8, 4) is 11.3 Å². The van der Waals surface area contributed by atoms with E-state index in [0.717, 1.165) is 5.56 Å². The van der Waals surface area contributed by atoms with E-state index in [0.29, 0.717) is 29.5 Å². The van der Waals surface area contributed by atoms with Crippen LogP contribution in [0.4, 0.5) is 10.2 Å². The maximum atomic E-state index is 13.6. The molecule has 4 nitrogen and oxygen atoms in total. The van der Waals surface area contributed by atoms with E-state index in [1.165, 1.54) is 6.07 Å². The van der Waals surface area contributed by atoms with E-state index in [9.17, 15) is 4.39 Å². The molecule has 2 aromatic rings. The molecule has 0 saturated heterocycles. The molecule has 100 valence electrons. The third kappa shape index (κ3) is 3.06. The Kier molecular flexibility index (Phi) is 4.06. The molecule has 0 fully saturated rings. The van der Waals surface area contributed by atoms with Gasteiger partial charge in [0.1, 0.15) is 18.2 Å². The summed E-state index contributed by atoms with van der Waals surface area (Å²) in [4.78, 5) is 8.64. The van der Waals surface area contributed by atoms with Crippen LogP contribution in [-0.4, -0.2) is 24.1 Å². The lowest BCUT2D eigenvalue weighted by Crippen LogP contribution is -2.03. The Morgan fingerprint density at radius 3 is 2.68 bits per heavy atom. The van der Waals surface area contributed by atoms with Crippen molar-refractivity contribution in [2.24, 2.45) is 0 Å². The van der Waals surface area contributed by atoms with Crippen molar-refractivity contribution in [1.29, 1.82) is 0 Å². The van der Waals surface area contributed by atoms with Gasteiger partial charge >= 0.3 is 0 Å². The van der Waals surface area contributed by atoms with Crippen molar-refractivity contribution >= 4 is 5.82 Å². The summed E-state index contributed by atoms with van der Waals surface area (Å²) >= 11 is 0. The molecule has 0 saturated carbocycles. The van der Waals surface area contributed by atoms with Gasteiger partial charge in [0, 0.05) is 25.8 Å². The highest BCUT2D eigenvalue weighted by Crippen LogP contribution is 2.22. The van der Waals surface area contributed by atoms with Gasteiger partial charge < -0.3 is 10.1 Å². The minimum atomic E-state index is -0.240. The maximum Gasteiger partial charge on any atom is 0.157 e. The lowest BCUT2D eigenvalue weighted by Gasteiger charge is -2.08. The van der Waals surface area contributed by atoms with Crippen molar-refractivity contribution < 1.29 is 9.13 Å². The van der Waals surface area contributed by atoms with Gasteiger partial charge in [-0.25, -0.2) is 14.4 Å². The van der Waals surface area contributed by atoms with E-state index < -0.39 is 0 Å². The zero-order chi connectivity index (χ0) is 13.8. The second-order valence-electron chi connectivity index (χ2n) is 4.20. The number of aryl methyl sites for hydroxylation is 1. The smallest absolute Gasteiger partial charge is 0.157 e. The van der Waals surface area contributed by atoms with Gasteiger partial charge in [-0.1, -0.05) is 12.1 Å². The van der Waals surface area contributed by atoms with Crippen LogP contribution in [0.1, 0.15) is 11.4 Å². The fourth-order valence-corrected chi connectivity index (χ4v) is 1.72. The summed E-state index contributed by atoms with van der Waals surface area (Å²) in [5.74, 6) is 0.999. The molecule has 19 heavy (non-hydrogen) atoms. The molecule has 5 heteroatoms. The van der Waals surface area contributed by atoms with Crippen LogP contribution in [-0.2, 0) is 11.3 Å². The molecule has 0 radical (unpaired) electrons. The molecule has 2 rings (SSSR count). The van der Waals surface area contributed by atoms with Gasteiger partial charge in [-0.3, -0.25) is 0 Å². The van der Waals surface area contributed by atoms with Gasteiger partial charge in [0.15, 0.2) is 5.82 Å². The van der Waals surface area contributed by atoms with Crippen molar-refractivity contribution in [2.75, 3.05) is 19.5 Å². The largest absolute Gasteiger partial charge is 0.377 e. The summed E-state index contributed by atoms with van der Waals surface area (Å²) in [5, 5.41) is 2.96. The number of aromatic nitrogens is 2. The summed E-state index contributed by atoms with van der Waals surface area (Å²) in [6.45, 7) is 2.05. The number of nitrogens with zero attached hydrogens (tertiary/aromatic N) is 2. The normalized spacial score (nSPS) is 10.5. The first-order valence-corrected chi connectivity index (χ1v) is 5.95. The van der Waals surface area contributed by atoms with Crippen molar-refractivity contribution in [1.82, 2.24) is 9.97 Å². The van der Waals surface area contributed by atoms with Crippen LogP contribution in [0, 0.1) is 12.7 Å². The highest BCUT2D eigenvalue weighted by atomic mass is 19.1. The standard InChI is InChI=1S/C14H16FN3O/c1-9-4-5-10(6-11(9)15)12-7-13(16-2)18-14(17-12)8-19-3/h4-7H,8H2,1-3H3,(H,16,17,18). The van der Waals surface area contributed by atoms with Crippen LogP contribution in [0.25, 0.3) is 11.3 Å². The number of methoxy groups -OCH3 is 1. The van der Waals surface area contributed by atoms with E-state index in [1.54, 1.807) is 33.2 Å². The zero-order valence-electron chi connectivity index (χ0n) is 11.2. The summed E-state index contributed by atoms with van der Waals surface area (Å²) in [6.07, 6.45) is 0. The Hall–Kier alpha value is -2.01. The molecule has 0 bridgehead atoms. The number of halogens is 1. The van der Waals surface area contributed by atoms with Gasteiger partial charge in [-0.05, 0) is 18.6 Å². The van der Waals surface area contributed by atoms with Crippen LogP contribution in [0.5, 0.6) is 0 Å². The topological polar surface area (TPSA) is 47.0 Å². The van der Waals surface area contributed by atoms with Crippen molar-refractivity contribution in [3.63, 3.8) is 0 Å². The number of nitrogens with one attached hydrogen (secondary N) is 1. The van der Waals surface area contributed by atoms with E-state index in [2.05, 4.69) is 15.3 Å². The van der Waals surface area contributed by atoms with E-state index in [1.807, 2.05) is 6.07 Å². The average Bonchev–Trinajstić information content (AvgIpc) is 2.42. The van der Waals surface area contributed by atoms with Gasteiger partial charge in [-0.15, -0.1) is 0 Å². The highest BCUT2D eigenvalue weighted by molar-refractivity contribution is 5.63. The van der Waals surface area contributed by atoms with E-state index >= 15 is 0 Å². The van der Waals surface area contributed by atoms with Gasteiger partial charge in [-0.2, -0.15) is 0 Å². The molecule has 0 unspecified atom stereocenters. The third-order valence-corrected chi connectivity index (χ3v) is 2.77. The lowest BCUT2D eigenvalue weighted by molar-refractivity contribution is 0.178. The Morgan fingerprint density at radius 1 is 1.26 bits per heavy atom. The second kappa shape index (κ2) is 5.75. The fraction of sp³-hybridized carbons (Fsp3) is 0.286. The number of benzene rings is 1. The number of ether oxygens (including phenoxy) is 1. The van der Waals surface area contributed by atoms with E-state index in [4.69, 9.17) is 4.74 Å². The number of hydrogen-bond acceptors (Lipinski definition) is 4. The molecule has 1 N–H and O–H groups in total. The fourth-order valence-electron chi connectivity index (χ4n) is 1.72. The Balaban J connectivity index is 2.47. The molecule has 0 amide bonds. The molecule has 1 aromatic carbocycles. The maximum absolute atomic E-state index is 13.6. The molecule has 0 atom stereocenters. The lowest BCUT2D eigenvalue weighted by atomic mass is 10.1. The first kappa shape index (κ1) is 13.4. The molecule has 1 aromatic heterocycles. The van der Waals surface area contributed by atoms with Crippen molar-refractivity contribution in [2.45, 2.75) is 13.5 Å². The predicted octanol–water partition coefficient (Wildman–Crippen LogP) is 2.78. The molecule has 0 aliphatic carbocycles. The second-order valence-corrected chi connectivity index (χ2v) is 4.20. The van der Waals surface area contributed by atoms with Crippen LogP contribution < -0.4 is 5.32 Å². The number of hydrogen-bond donors (Lipinski definition) is 1. The first-order valence-electron chi connectivity index (χ1n) is 5.95. The minimum Gasteiger partial charge on any atom is -0.377 e. The van der Waals surface area contributed by atoms with Crippen LogP contribution in [0.15, 0.2) is 24.3 Å². The summed E-state index contributed by atoms with van der Waals surface area (Å²) in [6, 6.07) is 6.84. The van der Waals surface area contributed by atoms with Crippen LogP contribution in [0.3, 0.4) is 0 Å². The monoisotopic (exact) mass is 261 g/mol. The van der Waals surface area contributed by atoms with Crippen molar-refractivity contribution in [3.05, 3.63) is 41.5 Å². The Bertz CT molecular complexity index is 587. The molecule has 1 heterocycles. The quantitative estimate of drug-likeness (QED) is 0.919. The summed E-state index contributed by atoms with van der Waals surface area (Å²) in [7, 11) is 3.36. The Labute approximate surface area is 111 Å². The number of rotatable bonds is 4. The molecular formula is C14H16FN3O. The highest BCUT2D eigenvalue weighted by Gasteiger charge is 2.08. The number of anilines is 1. The molecule has 0 aliphatic heterocycles. The average molecular weight is 261 g/mol. The van der Waals surface area contributed by atoms with E-state index in [-0.39, 0.29) is 5.82 Å². The molecular weight excluding hydrogens is 245 g/mol. The molecule has 0 aliphatic rings. The summed E-state index contributed by atoms with van der Waals surface area (Å²) < 4.78 is 18.6. The van der Waals surface area contributed by atoms with Gasteiger partial charge in [0.2, 0.25) is 0 Å². The van der Waals surface area contributed by atoms with Crippen LogP contribution in [0.2, 0.25) is 0 Å². The van der Waals surface area contributed by atoms with Crippen LogP contribution >= 0.6 is 0 Å². The zero-order valence-corrected chi connectivity index (χ0v) is 11.2. The third-order valence-electron chi connectivity index (χ3n) is 2.77. The SMILES string of the molecule is CNc1cc(-c2ccc(C)c(F)c2)nc(COC)n1. The molecule has 0 spiro atoms. The first-order chi connectivity index (χ1) is 9.13. The van der Waals surface area contributed by atoms with Gasteiger partial charge in [0.05, 0.1) is 5.69 Å². The Morgan fingerprint density at radius 2 is 2.05 bits per heavy atom.